The van der Waals surface area contributed by atoms with Crippen molar-refractivity contribution in [2.75, 3.05) is 6.61 Å². The standard InChI is InChI=1S/C27H38N2O4/c1-3-5-6-7-8-9-10-11-12-18-31-27-28-19-22(20-29-27)21-14-16-23(17-15-21)32-26(30)25-24(33-25)13-4-2/h14-17,19-20,24-25H,3-13,18H2,1-2H3/t24-,25-/m1/s1. The summed E-state index contributed by atoms with van der Waals surface area (Å²) in [5, 5.41) is 0. The first-order valence-corrected chi connectivity index (χ1v) is 12.6. The number of esters is 1. The number of hydrogen-bond donors (Lipinski definition) is 0. The fraction of sp³-hybridized carbons (Fsp3) is 0.593. The minimum atomic E-state index is -0.416. The maximum Gasteiger partial charge on any atom is 0.343 e. The summed E-state index contributed by atoms with van der Waals surface area (Å²) in [6, 6.07) is 7.75. The lowest BCUT2D eigenvalue weighted by molar-refractivity contribution is -0.135. The largest absolute Gasteiger partial charge is 0.463 e. The van der Waals surface area contributed by atoms with Gasteiger partial charge in [0.25, 0.3) is 0 Å². The van der Waals surface area contributed by atoms with Crippen LogP contribution in [0.5, 0.6) is 11.8 Å². The number of aromatic nitrogens is 2. The van der Waals surface area contributed by atoms with Crippen molar-refractivity contribution < 1.29 is 19.0 Å². The molecule has 33 heavy (non-hydrogen) atoms. The molecule has 3 rings (SSSR count). The highest BCUT2D eigenvalue weighted by atomic mass is 16.6. The highest BCUT2D eigenvalue weighted by Gasteiger charge is 2.45. The number of carbonyl (C=O) groups excluding carboxylic acids is 1. The van der Waals surface area contributed by atoms with Gasteiger partial charge in [0.15, 0.2) is 6.10 Å². The molecule has 1 aliphatic rings. The van der Waals surface area contributed by atoms with Gasteiger partial charge in [0, 0.05) is 18.0 Å². The van der Waals surface area contributed by atoms with Gasteiger partial charge in [0.05, 0.1) is 12.7 Å². The second-order valence-electron chi connectivity index (χ2n) is 8.76. The van der Waals surface area contributed by atoms with E-state index in [0.717, 1.165) is 30.4 Å². The third-order valence-corrected chi connectivity index (χ3v) is 5.90. The van der Waals surface area contributed by atoms with Crippen LogP contribution in [0, 0.1) is 0 Å². The van der Waals surface area contributed by atoms with Gasteiger partial charge in [-0.1, -0.05) is 83.8 Å². The summed E-state index contributed by atoms with van der Waals surface area (Å²) in [6.07, 6.45) is 16.6. The smallest absolute Gasteiger partial charge is 0.343 e. The molecule has 0 aliphatic carbocycles. The van der Waals surface area contributed by atoms with Gasteiger partial charge in [0.1, 0.15) is 5.75 Å². The van der Waals surface area contributed by atoms with Crippen LogP contribution in [0.4, 0.5) is 0 Å². The maximum atomic E-state index is 12.1. The molecule has 1 fully saturated rings. The Hall–Kier alpha value is -2.47. The van der Waals surface area contributed by atoms with Crippen molar-refractivity contribution in [1.82, 2.24) is 9.97 Å². The zero-order valence-electron chi connectivity index (χ0n) is 20.1. The first-order chi connectivity index (χ1) is 16.2. The molecule has 0 saturated carbocycles. The van der Waals surface area contributed by atoms with Crippen molar-refractivity contribution in [2.45, 2.75) is 96.7 Å². The highest BCUT2D eigenvalue weighted by Crippen LogP contribution is 2.29. The van der Waals surface area contributed by atoms with E-state index in [1.165, 1.54) is 51.4 Å². The Bertz CT molecular complexity index is 823. The monoisotopic (exact) mass is 454 g/mol. The molecule has 0 amide bonds. The molecular weight excluding hydrogens is 416 g/mol. The van der Waals surface area contributed by atoms with Gasteiger partial charge >= 0.3 is 12.0 Å². The molecule has 0 radical (unpaired) electrons. The van der Waals surface area contributed by atoms with Gasteiger partial charge in [-0.05, 0) is 30.5 Å². The number of benzene rings is 1. The Balaban J connectivity index is 1.33. The van der Waals surface area contributed by atoms with Crippen LogP contribution < -0.4 is 9.47 Å². The van der Waals surface area contributed by atoms with E-state index in [1.54, 1.807) is 24.5 Å². The Kier molecular flexibility index (Phi) is 10.6. The SMILES string of the molecule is CCCCCCCCCCCOc1ncc(-c2ccc(OC(=O)[C@@H]3O[C@@H]3CCC)cc2)cn1. The highest BCUT2D eigenvalue weighted by molar-refractivity contribution is 5.80. The Labute approximate surface area is 198 Å². The van der Waals surface area contributed by atoms with Crippen molar-refractivity contribution in [3.05, 3.63) is 36.7 Å². The zero-order chi connectivity index (χ0) is 23.3. The Morgan fingerprint density at radius 3 is 2.12 bits per heavy atom. The van der Waals surface area contributed by atoms with Crippen LogP contribution in [0.3, 0.4) is 0 Å². The van der Waals surface area contributed by atoms with Crippen LogP contribution >= 0.6 is 0 Å². The first-order valence-electron chi connectivity index (χ1n) is 12.6. The molecule has 0 unspecified atom stereocenters. The molecule has 6 nitrogen and oxygen atoms in total. The molecule has 1 saturated heterocycles. The topological polar surface area (TPSA) is 73.8 Å². The number of epoxide rings is 1. The van der Waals surface area contributed by atoms with Gasteiger partial charge in [-0.15, -0.1) is 0 Å². The summed E-state index contributed by atoms with van der Waals surface area (Å²) in [4.78, 5) is 20.7. The van der Waals surface area contributed by atoms with Crippen molar-refractivity contribution in [3.63, 3.8) is 0 Å². The van der Waals surface area contributed by atoms with Crippen molar-refractivity contribution in [2.24, 2.45) is 0 Å². The normalized spacial score (nSPS) is 17.0. The molecule has 2 heterocycles. The lowest BCUT2D eigenvalue weighted by atomic mass is 10.1. The number of nitrogens with zero attached hydrogens (tertiary/aromatic N) is 2. The molecule has 1 aliphatic heterocycles. The maximum absolute atomic E-state index is 12.1. The number of unbranched alkanes of at least 4 members (excludes halogenated alkanes) is 8. The molecule has 0 spiro atoms. The minimum absolute atomic E-state index is 0.0139. The van der Waals surface area contributed by atoms with E-state index < -0.39 is 6.10 Å². The molecular formula is C27H38N2O4. The van der Waals surface area contributed by atoms with Crippen LogP contribution in [0.1, 0.15) is 84.5 Å². The summed E-state index contributed by atoms with van der Waals surface area (Å²) in [5.41, 5.74) is 1.84. The van der Waals surface area contributed by atoms with E-state index in [-0.39, 0.29) is 12.1 Å². The van der Waals surface area contributed by atoms with Gasteiger partial charge in [-0.2, -0.15) is 0 Å². The average molecular weight is 455 g/mol. The fourth-order valence-corrected chi connectivity index (χ4v) is 3.86. The van der Waals surface area contributed by atoms with E-state index >= 15 is 0 Å². The summed E-state index contributed by atoms with van der Waals surface area (Å²) >= 11 is 0. The molecule has 0 N–H and O–H groups in total. The average Bonchev–Trinajstić information content (AvgIpc) is 3.61. The predicted octanol–water partition coefficient (Wildman–Crippen LogP) is 6.53. The molecule has 6 heteroatoms. The predicted molar refractivity (Wildman–Crippen MR) is 129 cm³/mol. The third-order valence-electron chi connectivity index (χ3n) is 5.90. The lowest BCUT2D eigenvalue weighted by Crippen LogP contribution is -2.17. The van der Waals surface area contributed by atoms with E-state index in [4.69, 9.17) is 14.2 Å². The first kappa shape index (κ1) is 25.2. The fourth-order valence-electron chi connectivity index (χ4n) is 3.86. The van der Waals surface area contributed by atoms with Crippen molar-refractivity contribution in [3.8, 4) is 22.9 Å². The minimum Gasteiger partial charge on any atom is -0.463 e. The van der Waals surface area contributed by atoms with E-state index in [1.807, 2.05) is 12.1 Å². The Morgan fingerprint density at radius 2 is 1.48 bits per heavy atom. The van der Waals surface area contributed by atoms with Crippen LogP contribution in [0.25, 0.3) is 11.1 Å². The van der Waals surface area contributed by atoms with Crippen molar-refractivity contribution >= 4 is 5.97 Å². The summed E-state index contributed by atoms with van der Waals surface area (Å²) in [7, 11) is 0. The van der Waals surface area contributed by atoms with Gasteiger partial charge in [-0.25, -0.2) is 14.8 Å². The van der Waals surface area contributed by atoms with E-state index in [0.29, 0.717) is 18.4 Å². The molecule has 2 atom stereocenters. The number of rotatable bonds is 16. The molecule has 1 aromatic heterocycles. The molecule has 0 bridgehead atoms. The van der Waals surface area contributed by atoms with Crippen LogP contribution in [0.15, 0.2) is 36.7 Å². The van der Waals surface area contributed by atoms with Gasteiger partial charge < -0.3 is 14.2 Å². The van der Waals surface area contributed by atoms with E-state index in [2.05, 4.69) is 23.8 Å². The quantitative estimate of drug-likeness (QED) is 0.124. The number of carbonyl (C=O) groups is 1. The number of ether oxygens (including phenoxy) is 3. The number of hydrogen-bond acceptors (Lipinski definition) is 6. The molecule has 1 aromatic carbocycles. The summed E-state index contributed by atoms with van der Waals surface area (Å²) < 4.78 is 16.5. The van der Waals surface area contributed by atoms with Crippen LogP contribution in [-0.2, 0) is 9.53 Å². The second kappa shape index (κ2) is 13.9. The summed E-state index contributed by atoms with van der Waals surface area (Å²) in [6.45, 7) is 4.98. The lowest BCUT2D eigenvalue weighted by Gasteiger charge is -2.07. The van der Waals surface area contributed by atoms with Crippen LogP contribution in [-0.4, -0.2) is 34.8 Å². The molecule has 2 aromatic rings. The molecule has 180 valence electrons. The third kappa shape index (κ3) is 8.77. The van der Waals surface area contributed by atoms with Gasteiger partial charge in [0.2, 0.25) is 0 Å². The zero-order valence-corrected chi connectivity index (χ0v) is 20.1. The van der Waals surface area contributed by atoms with Crippen LogP contribution in [0.2, 0.25) is 0 Å². The summed E-state index contributed by atoms with van der Waals surface area (Å²) in [5.74, 6) is 0.189. The van der Waals surface area contributed by atoms with E-state index in [9.17, 15) is 4.79 Å². The second-order valence-corrected chi connectivity index (χ2v) is 8.76. The van der Waals surface area contributed by atoms with Crippen molar-refractivity contribution in [1.29, 1.82) is 0 Å². The Morgan fingerprint density at radius 1 is 0.848 bits per heavy atom. The van der Waals surface area contributed by atoms with Gasteiger partial charge in [-0.3, -0.25) is 0 Å².